The maximum atomic E-state index is 12.4. The van der Waals surface area contributed by atoms with Crippen LogP contribution in [0.4, 0.5) is 0 Å². The van der Waals surface area contributed by atoms with Crippen LogP contribution in [0.1, 0.15) is 46.5 Å². The number of rotatable bonds is 1. The molecule has 0 aromatic carbocycles. The maximum Gasteiger partial charge on any atom is 0.161 e. The number of fused-ring (bicyclic) bond motifs is 1. The largest absolute Gasteiger partial charge is 0.393 e. The number of carbonyl (C=O) groups is 1. The molecule has 0 spiro atoms. The molecule has 2 fully saturated rings. The molecule has 0 amide bonds. The Kier molecular flexibility index (Phi) is 3.76. The normalized spacial score (nSPS) is 43.4. The minimum Gasteiger partial charge on any atom is -0.393 e. The van der Waals surface area contributed by atoms with E-state index in [1.165, 1.54) is 0 Å². The molecular weight excluding hydrogens is 224 g/mol. The van der Waals surface area contributed by atoms with Gasteiger partial charge in [-0.3, -0.25) is 4.79 Å². The number of aliphatic hydroxyl groups is 1. The van der Waals surface area contributed by atoms with E-state index in [0.29, 0.717) is 5.92 Å². The van der Waals surface area contributed by atoms with Crippen molar-refractivity contribution in [3.05, 3.63) is 23.8 Å². The highest BCUT2D eigenvalue weighted by Gasteiger charge is 2.51. The smallest absolute Gasteiger partial charge is 0.161 e. The predicted molar refractivity (Wildman–Crippen MR) is 73.1 cm³/mol. The van der Waals surface area contributed by atoms with E-state index in [1.807, 2.05) is 32.1 Å². The Bertz CT molecular complexity index is 394. The van der Waals surface area contributed by atoms with Gasteiger partial charge in [0.2, 0.25) is 0 Å². The van der Waals surface area contributed by atoms with E-state index in [2.05, 4.69) is 6.92 Å². The highest BCUT2D eigenvalue weighted by atomic mass is 16.3. The highest BCUT2D eigenvalue weighted by molar-refractivity contribution is 5.98. The molecule has 2 unspecified atom stereocenters. The van der Waals surface area contributed by atoms with Gasteiger partial charge in [-0.1, -0.05) is 38.5 Å². The van der Waals surface area contributed by atoms with E-state index in [1.54, 1.807) is 0 Å². The summed E-state index contributed by atoms with van der Waals surface area (Å²) in [4.78, 5) is 12.4. The molecule has 1 N–H and O–H groups in total. The van der Waals surface area contributed by atoms with Crippen molar-refractivity contribution < 1.29 is 9.90 Å². The van der Waals surface area contributed by atoms with Crippen molar-refractivity contribution in [3.8, 4) is 0 Å². The van der Waals surface area contributed by atoms with E-state index >= 15 is 0 Å². The van der Waals surface area contributed by atoms with Gasteiger partial charge in [0, 0.05) is 11.3 Å². The van der Waals surface area contributed by atoms with Gasteiger partial charge in [-0.25, -0.2) is 0 Å². The third-order valence-corrected chi connectivity index (χ3v) is 5.00. The minimum absolute atomic E-state index is 0.0511. The Morgan fingerprint density at radius 2 is 2.11 bits per heavy atom. The number of allylic oxidation sites excluding steroid dienone is 4. The van der Waals surface area contributed by atoms with Gasteiger partial charge >= 0.3 is 0 Å². The summed E-state index contributed by atoms with van der Waals surface area (Å²) in [5.74, 6) is 0.677. The van der Waals surface area contributed by atoms with E-state index in [4.69, 9.17) is 0 Å². The third-order valence-electron chi connectivity index (χ3n) is 5.00. The maximum absolute atomic E-state index is 12.4. The Morgan fingerprint density at radius 1 is 1.39 bits per heavy atom. The van der Waals surface area contributed by atoms with Gasteiger partial charge in [0.15, 0.2) is 5.78 Å². The molecule has 2 nitrogen and oxygen atoms in total. The van der Waals surface area contributed by atoms with Crippen molar-refractivity contribution in [1.82, 2.24) is 0 Å². The number of ketones is 1. The summed E-state index contributed by atoms with van der Waals surface area (Å²) in [7, 11) is 0. The van der Waals surface area contributed by atoms with Crippen molar-refractivity contribution >= 4 is 5.78 Å². The van der Waals surface area contributed by atoms with Gasteiger partial charge in [0.1, 0.15) is 0 Å². The molecule has 2 saturated carbocycles. The predicted octanol–water partition coefficient (Wildman–Crippen LogP) is 3.27. The average molecular weight is 248 g/mol. The third kappa shape index (κ3) is 2.07. The minimum atomic E-state index is -0.263. The van der Waals surface area contributed by atoms with Crippen LogP contribution >= 0.6 is 0 Å². The second-order valence-corrected chi connectivity index (χ2v) is 6.11. The Balaban J connectivity index is 2.34. The first-order valence-corrected chi connectivity index (χ1v) is 7.05. The Morgan fingerprint density at radius 3 is 2.78 bits per heavy atom. The van der Waals surface area contributed by atoms with E-state index in [0.717, 1.165) is 31.3 Å². The summed E-state index contributed by atoms with van der Waals surface area (Å²) >= 11 is 0. The number of carbonyl (C=O) groups excluding carboxylic acids is 1. The summed E-state index contributed by atoms with van der Waals surface area (Å²) in [6.07, 6.45) is 9.28. The van der Waals surface area contributed by atoms with Crippen LogP contribution in [0.5, 0.6) is 0 Å². The van der Waals surface area contributed by atoms with Crippen LogP contribution in [-0.2, 0) is 4.79 Å². The zero-order valence-corrected chi connectivity index (χ0v) is 11.6. The first-order chi connectivity index (χ1) is 8.50. The summed E-state index contributed by atoms with van der Waals surface area (Å²) in [5.41, 5.74) is 0.777. The summed E-state index contributed by atoms with van der Waals surface area (Å²) in [6, 6.07) is 0. The van der Waals surface area contributed by atoms with Gasteiger partial charge < -0.3 is 5.11 Å². The molecule has 0 aromatic rings. The second kappa shape index (κ2) is 5.00. The molecule has 4 atom stereocenters. The molecule has 0 aliphatic heterocycles. The first-order valence-electron chi connectivity index (χ1n) is 7.05. The molecule has 0 aromatic heterocycles. The standard InChI is InChI=1S/C16H24O2/c1-4-5-7-12-10-16(3)13(11(2)15(12)18)8-6-9-14(16)17/h4-5,7,11,13-14,17H,6,8-10H2,1-3H3/b5-4+,12-7+/t11?,13?,14-,16-/m0/s1. The van der Waals surface area contributed by atoms with Crippen LogP contribution in [0.2, 0.25) is 0 Å². The SMILES string of the molecule is C/C=C/C=C1\C[C@@]2(C)C(CCC[C@@H]2O)C(C)C1=O. The molecule has 18 heavy (non-hydrogen) atoms. The highest BCUT2D eigenvalue weighted by Crippen LogP contribution is 2.52. The zero-order chi connectivity index (χ0) is 13.3. The molecule has 0 bridgehead atoms. The first kappa shape index (κ1) is 13.5. The number of hydrogen-bond acceptors (Lipinski definition) is 2. The Labute approximate surface area is 110 Å². The van der Waals surface area contributed by atoms with Crippen molar-refractivity contribution in [2.24, 2.45) is 17.3 Å². The van der Waals surface area contributed by atoms with Crippen molar-refractivity contribution in [1.29, 1.82) is 0 Å². The number of aliphatic hydroxyl groups excluding tert-OH is 1. The van der Waals surface area contributed by atoms with Crippen molar-refractivity contribution in [3.63, 3.8) is 0 Å². The molecular formula is C16H24O2. The summed E-state index contributed by atoms with van der Waals surface area (Å²) in [6.45, 7) is 6.15. The average Bonchev–Trinajstić information content (AvgIpc) is 2.35. The number of Topliss-reactive ketones (excluding diaryl/α,β-unsaturated/α-hetero) is 1. The monoisotopic (exact) mass is 248 g/mol. The lowest BCUT2D eigenvalue weighted by atomic mass is 9.54. The lowest BCUT2D eigenvalue weighted by molar-refractivity contribution is -0.133. The van der Waals surface area contributed by atoms with Crippen molar-refractivity contribution in [2.45, 2.75) is 52.6 Å². The Hall–Kier alpha value is -0.890. The molecule has 2 aliphatic rings. The van der Waals surface area contributed by atoms with E-state index in [-0.39, 0.29) is 23.2 Å². The van der Waals surface area contributed by atoms with Crippen LogP contribution in [0, 0.1) is 17.3 Å². The van der Waals surface area contributed by atoms with Crippen LogP contribution in [0.15, 0.2) is 23.8 Å². The second-order valence-electron chi connectivity index (χ2n) is 6.11. The van der Waals surface area contributed by atoms with Gasteiger partial charge in [-0.15, -0.1) is 0 Å². The van der Waals surface area contributed by atoms with Gasteiger partial charge in [0.05, 0.1) is 6.10 Å². The molecule has 2 aliphatic carbocycles. The van der Waals surface area contributed by atoms with Gasteiger partial charge in [-0.2, -0.15) is 0 Å². The van der Waals surface area contributed by atoms with Crippen LogP contribution in [0.3, 0.4) is 0 Å². The molecule has 0 heterocycles. The topological polar surface area (TPSA) is 37.3 Å². The van der Waals surface area contributed by atoms with Crippen LogP contribution in [-0.4, -0.2) is 17.0 Å². The zero-order valence-electron chi connectivity index (χ0n) is 11.6. The van der Waals surface area contributed by atoms with E-state index in [9.17, 15) is 9.90 Å². The molecule has 2 rings (SSSR count). The quantitative estimate of drug-likeness (QED) is 0.723. The number of hydrogen-bond donors (Lipinski definition) is 1. The van der Waals surface area contributed by atoms with Crippen LogP contribution in [0.25, 0.3) is 0 Å². The summed E-state index contributed by atoms with van der Waals surface area (Å²) < 4.78 is 0. The fourth-order valence-electron chi connectivity index (χ4n) is 3.83. The molecule has 100 valence electrons. The molecule has 0 radical (unpaired) electrons. The van der Waals surface area contributed by atoms with Crippen LogP contribution < -0.4 is 0 Å². The molecule has 0 saturated heterocycles. The molecule has 2 heteroatoms. The van der Waals surface area contributed by atoms with Gasteiger partial charge in [0.25, 0.3) is 0 Å². The lowest BCUT2D eigenvalue weighted by Crippen LogP contribution is -2.51. The lowest BCUT2D eigenvalue weighted by Gasteiger charge is -2.51. The van der Waals surface area contributed by atoms with Crippen molar-refractivity contribution in [2.75, 3.05) is 0 Å². The fraction of sp³-hybridized carbons (Fsp3) is 0.688. The summed E-state index contributed by atoms with van der Waals surface area (Å²) in [5, 5.41) is 10.4. The van der Waals surface area contributed by atoms with E-state index < -0.39 is 0 Å². The fourth-order valence-corrected chi connectivity index (χ4v) is 3.83. The van der Waals surface area contributed by atoms with Gasteiger partial charge in [-0.05, 0) is 37.7 Å².